The van der Waals surface area contributed by atoms with E-state index in [1.807, 2.05) is 29.2 Å². The molecule has 0 bridgehead atoms. The molecule has 2 N–H and O–H groups in total. The van der Waals surface area contributed by atoms with Gasteiger partial charge in [-0.2, -0.15) is 0 Å². The van der Waals surface area contributed by atoms with Crippen molar-refractivity contribution in [3.05, 3.63) is 29.8 Å². The van der Waals surface area contributed by atoms with E-state index < -0.39 is 0 Å². The van der Waals surface area contributed by atoms with Crippen molar-refractivity contribution in [2.75, 3.05) is 5.73 Å². The summed E-state index contributed by atoms with van der Waals surface area (Å²) in [5, 5.41) is 0. The van der Waals surface area contributed by atoms with Crippen molar-refractivity contribution in [2.45, 2.75) is 65.0 Å². The summed E-state index contributed by atoms with van der Waals surface area (Å²) in [7, 11) is 0. The number of benzene rings is 1. The molecule has 3 nitrogen and oxygen atoms in total. The predicted octanol–water partition coefficient (Wildman–Crippen LogP) is 3.98. The second-order valence-electron chi connectivity index (χ2n) is 6.55. The van der Waals surface area contributed by atoms with Crippen molar-refractivity contribution >= 4 is 11.6 Å². The summed E-state index contributed by atoms with van der Waals surface area (Å²) in [5.74, 6) is 1.05. The molecule has 21 heavy (non-hydrogen) atoms. The summed E-state index contributed by atoms with van der Waals surface area (Å²) in [6, 6.07) is 8.05. The molecule has 1 aliphatic rings. The number of nitrogens with two attached hydrogens (primary N) is 1. The first-order chi connectivity index (χ1) is 10.1. The van der Waals surface area contributed by atoms with Crippen LogP contribution < -0.4 is 5.73 Å². The van der Waals surface area contributed by atoms with E-state index in [2.05, 4.69) is 13.8 Å². The predicted molar refractivity (Wildman–Crippen MR) is 87.7 cm³/mol. The van der Waals surface area contributed by atoms with Crippen LogP contribution in [0.5, 0.6) is 0 Å². The van der Waals surface area contributed by atoms with Crippen LogP contribution in [0.4, 0.5) is 5.69 Å². The molecular formula is C18H28N2O. The van der Waals surface area contributed by atoms with Gasteiger partial charge < -0.3 is 10.6 Å². The Morgan fingerprint density at radius 2 is 2.05 bits per heavy atom. The van der Waals surface area contributed by atoms with Crippen molar-refractivity contribution in [3.63, 3.8) is 0 Å². The van der Waals surface area contributed by atoms with Gasteiger partial charge in [0.2, 0.25) is 5.91 Å². The molecule has 0 saturated heterocycles. The van der Waals surface area contributed by atoms with Gasteiger partial charge in [-0.1, -0.05) is 37.8 Å². The van der Waals surface area contributed by atoms with Crippen molar-refractivity contribution < 1.29 is 4.79 Å². The number of nitrogen functional groups attached to an aromatic ring is 1. The van der Waals surface area contributed by atoms with Gasteiger partial charge in [-0.15, -0.1) is 0 Å². The Labute approximate surface area is 128 Å². The van der Waals surface area contributed by atoms with Gasteiger partial charge in [0.15, 0.2) is 0 Å². The van der Waals surface area contributed by atoms with Crippen molar-refractivity contribution in [1.82, 2.24) is 4.90 Å². The average molecular weight is 288 g/mol. The van der Waals surface area contributed by atoms with E-state index in [1.54, 1.807) is 0 Å². The van der Waals surface area contributed by atoms with Gasteiger partial charge in [-0.05, 0) is 43.9 Å². The first kappa shape index (κ1) is 15.9. The maximum Gasteiger partial charge on any atom is 0.223 e. The smallest absolute Gasteiger partial charge is 0.223 e. The molecule has 0 radical (unpaired) electrons. The molecular weight excluding hydrogens is 260 g/mol. The molecule has 1 aliphatic carbocycles. The summed E-state index contributed by atoms with van der Waals surface area (Å²) < 4.78 is 0. The zero-order valence-electron chi connectivity index (χ0n) is 13.3. The summed E-state index contributed by atoms with van der Waals surface area (Å²) in [6.07, 6.45) is 7.05. The van der Waals surface area contributed by atoms with E-state index >= 15 is 0 Å². The standard InChI is InChI=1S/C18H28N2O/c1-14(2)20(13-16-8-5-9-17(19)12-16)18(21)11-10-15-6-3-4-7-15/h5,8-9,12,14-15H,3-4,6-7,10-11,13,19H2,1-2H3. The van der Waals surface area contributed by atoms with Gasteiger partial charge in [0.1, 0.15) is 0 Å². The summed E-state index contributed by atoms with van der Waals surface area (Å²) in [6.45, 7) is 4.83. The highest BCUT2D eigenvalue weighted by Gasteiger charge is 2.21. The fraction of sp³-hybridized carbons (Fsp3) is 0.611. The molecule has 116 valence electrons. The van der Waals surface area contributed by atoms with Crippen LogP contribution in [0.1, 0.15) is 57.9 Å². The third-order valence-electron chi connectivity index (χ3n) is 4.49. The number of carbonyl (C=O) groups is 1. The van der Waals surface area contributed by atoms with Gasteiger partial charge in [-0.25, -0.2) is 0 Å². The van der Waals surface area contributed by atoms with Crippen molar-refractivity contribution in [1.29, 1.82) is 0 Å². The lowest BCUT2D eigenvalue weighted by Gasteiger charge is -2.27. The first-order valence-electron chi connectivity index (χ1n) is 8.20. The fourth-order valence-electron chi connectivity index (χ4n) is 3.22. The quantitative estimate of drug-likeness (QED) is 0.805. The molecule has 3 heteroatoms. The van der Waals surface area contributed by atoms with E-state index in [9.17, 15) is 4.79 Å². The molecule has 0 spiro atoms. The number of hydrogen-bond acceptors (Lipinski definition) is 2. The van der Waals surface area contributed by atoms with Gasteiger partial charge >= 0.3 is 0 Å². The van der Waals surface area contributed by atoms with E-state index in [0.717, 1.165) is 23.6 Å². The minimum Gasteiger partial charge on any atom is -0.399 e. The lowest BCUT2D eigenvalue weighted by Crippen LogP contribution is -2.36. The van der Waals surface area contributed by atoms with E-state index in [1.165, 1.54) is 25.7 Å². The Hall–Kier alpha value is -1.51. The summed E-state index contributed by atoms with van der Waals surface area (Å²) in [5.41, 5.74) is 7.69. The number of nitrogens with zero attached hydrogens (tertiary/aromatic N) is 1. The normalized spacial score (nSPS) is 15.6. The van der Waals surface area contributed by atoms with Gasteiger partial charge in [0.05, 0.1) is 0 Å². The summed E-state index contributed by atoms with van der Waals surface area (Å²) >= 11 is 0. The van der Waals surface area contributed by atoms with Crippen LogP contribution in [-0.2, 0) is 11.3 Å². The molecule has 1 aromatic rings. The minimum absolute atomic E-state index is 0.225. The minimum atomic E-state index is 0.225. The number of carbonyl (C=O) groups excluding carboxylic acids is 1. The Morgan fingerprint density at radius 1 is 1.33 bits per heavy atom. The monoisotopic (exact) mass is 288 g/mol. The molecule has 2 rings (SSSR count). The van der Waals surface area contributed by atoms with Crippen LogP contribution in [0.3, 0.4) is 0 Å². The third-order valence-corrected chi connectivity index (χ3v) is 4.49. The van der Waals surface area contributed by atoms with E-state index in [4.69, 9.17) is 5.73 Å². The number of anilines is 1. The highest BCUT2D eigenvalue weighted by molar-refractivity contribution is 5.76. The average Bonchev–Trinajstić information content (AvgIpc) is 2.95. The van der Waals surface area contributed by atoms with Gasteiger partial charge in [0.25, 0.3) is 0 Å². The van der Waals surface area contributed by atoms with Crippen LogP contribution in [0, 0.1) is 5.92 Å². The third kappa shape index (κ3) is 4.76. The van der Waals surface area contributed by atoms with Crippen LogP contribution in [-0.4, -0.2) is 16.8 Å². The number of hydrogen-bond donors (Lipinski definition) is 1. The Morgan fingerprint density at radius 3 is 2.67 bits per heavy atom. The van der Waals surface area contributed by atoms with Crippen molar-refractivity contribution in [2.24, 2.45) is 5.92 Å². The first-order valence-corrected chi connectivity index (χ1v) is 8.20. The van der Waals surface area contributed by atoms with Crippen molar-refractivity contribution in [3.8, 4) is 0 Å². The molecule has 1 saturated carbocycles. The maximum atomic E-state index is 12.5. The lowest BCUT2D eigenvalue weighted by molar-refractivity contribution is -0.133. The maximum absolute atomic E-state index is 12.5. The number of amides is 1. The van der Waals surface area contributed by atoms with E-state index in [0.29, 0.717) is 13.0 Å². The molecule has 1 amide bonds. The van der Waals surface area contributed by atoms with Gasteiger partial charge in [-0.3, -0.25) is 4.79 Å². The second-order valence-corrected chi connectivity index (χ2v) is 6.55. The molecule has 0 atom stereocenters. The van der Waals surface area contributed by atoms with Crippen LogP contribution >= 0.6 is 0 Å². The fourth-order valence-corrected chi connectivity index (χ4v) is 3.22. The molecule has 0 aromatic heterocycles. The van der Waals surface area contributed by atoms with Crippen LogP contribution in [0.15, 0.2) is 24.3 Å². The molecule has 1 aromatic carbocycles. The van der Waals surface area contributed by atoms with E-state index in [-0.39, 0.29) is 11.9 Å². The highest BCUT2D eigenvalue weighted by Crippen LogP contribution is 2.29. The zero-order chi connectivity index (χ0) is 15.2. The molecule has 0 aliphatic heterocycles. The topological polar surface area (TPSA) is 46.3 Å². The molecule has 0 unspecified atom stereocenters. The van der Waals surface area contributed by atoms with Crippen LogP contribution in [0.25, 0.3) is 0 Å². The number of rotatable bonds is 6. The van der Waals surface area contributed by atoms with Gasteiger partial charge in [0, 0.05) is 24.7 Å². The largest absolute Gasteiger partial charge is 0.399 e. The second kappa shape index (κ2) is 7.48. The molecule has 1 fully saturated rings. The lowest BCUT2D eigenvalue weighted by atomic mass is 10.0. The Bertz CT molecular complexity index is 464. The molecule has 0 heterocycles. The Balaban J connectivity index is 1.92. The van der Waals surface area contributed by atoms with Crippen LogP contribution in [0.2, 0.25) is 0 Å². The zero-order valence-corrected chi connectivity index (χ0v) is 13.3. The summed E-state index contributed by atoms with van der Waals surface area (Å²) in [4.78, 5) is 14.5. The highest BCUT2D eigenvalue weighted by atomic mass is 16.2. The Kier molecular flexibility index (Phi) is 5.66. The SMILES string of the molecule is CC(C)N(Cc1cccc(N)c1)C(=O)CCC1CCCC1.